The minimum absolute atomic E-state index is 0.229. The molecular weight excluding hydrogens is 663 g/mol. The highest BCUT2D eigenvalue weighted by Crippen LogP contribution is 2.31. The lowest BCUT2D eigenvalue weighted by Crippen LogP contribution is -2.30. The van der Waals surface area contributed by atoms with Crippen molar-refractivity contribution in [2.75, 3.05) is 31.6 Å². The lowest BCUT2D eigenvalue weighted by atomic mass is 9.90. The van der Waals surface area contributed by atoms with Crippen LogP contribution < -0.4 is 21.3 Å². The van der Waals surface area contributed by atoms with Gasteiger partial charge in [-0.2, -0.15) is 5.10 Å². The lowest BCUT2D eigenvalue weighted by Gasteiger charge is -2.26. The predicted molar refractivity (Wildman–Crippen MR) is 210 cm³/mol. The molecule has 0 spiro atoms. The lowest BCUT2D eigenvalue weighted by molar-refractivity contribution is 0.0904. The number of carbonyl (C=O) groups excluding carboxylic acids is 2. The van der Waals surface area contributed by atoms with Crippen LogP contribution in [0.3, 0.4) is 0 Å². The second-order valence-corrected chi connectivity index (χ2v) is 14.2. The number of fused-ring (bicyclic) bond motifs is 1. The molecule has 2 aliphatic rings. The van der Waals surface area contributed by atoms with Crippen LogP contribution in [-0.2, 0) is 37.2 Å². The zero-order valence-electron chi connectivity index (χ0n) is 30.9. The Kier molecular flexibility index (Phi) is 11.8. The van der Waals surface area contributed by atoms with Gasteiger partial charge in [-0.25, -0.2) is 9.67 Å². The van der Waals surface area contributed by atoms with Crippen LogP contribution in [0, 0.1) is 5.92 Å². The monoisotopic (exact) mass is 713 g/mol. The van der Waals surface area contributed by atoms with Gasteiger partial charge in [0.2, 0.25) is 0 Å². The van der Waals surface area contributed by atoms with Gasteiger partial charge in [0, 0.05) is 61.3 Å². The number of aromatic nitrogens is 3. The van der Waals surface area contributed by atoms with Gasteiger partial charge in [-0.1, -0.05) is 55.5 Å². The summed E-state index contributed by atoms with van der Waals surface area (Å²) in [5, 5.41) is 18.9. The number of hydrogen-bond donors (Lipinski definition) is 4. The fourth-order valence-corrected chi connectivity index (χ4v) is 7.62. The molecular formula is C43H51N7O3. The number of hydrogen-bond acceptors (Lipinski definition) is 7. The summed E-state index contributed by atoms with van der Waals surface area (Å²) < 4.78 is 7.51. The molecule has 53 heavy (non-hydrogen) atoms. The van der Waals surface area contributed by atoms with Gasteiger partial charge in [-0.3, -0.25) is 9.59 Å². The molecule has 0 bridgehead atoms. The van der Waals surface area contributed by atoms with Gasteiger partial charge in [0.25, 0.3) is 11.8 Å². The Morgan fingerprint density at radius 2 is 1.49 bits per heavy atom. The number of amides is 2. The molecule has 2 aliphatic heterocycles. The predicted octanol–water partition coefficient (Wildman–Crippen LogP) is 6.67. The van der Waals surface area contributed by atoms with Gasteiger partial charge >= 0.3 is 0 Å². The van der Waals surface area contributed by atoms with Crippen molar-refractivity contribution in [3.63, 3.8) is 0 Å². The van der Waals surface area contributed by atoms with E-state index < -0.39 is 0 Å². The van der Waals surface area contributed by atoms with Gasteiger partial charge in [0.05, 0.1) is 17.3 Å². The highest BCUT2D eigenvalue weighted by Gasteiger charge is 2.22. The Labute approximate surface area is 312 Å². The summed E-state index contributed by atoms with van der Waals surface area (Å²) in [5.41, 5.74) is 9.26. The van der Waals surface area contributed by atoms with Gasteiger partial charge in [-0.05, 0) is 111 Å². The number of carbonyl (C=O) groups is 2. The third-order valence-corrected chi connectivity index (χ3v) is 10.6. The molecule has 0 radical (unpaired) electrons. The Morgan fingerprint density at radius 3 is 2.19 bits per heavy atom. The minimum Gasteiger partial charge on any atom is -0.381 e. The molecule has 2 fully saturated rings. The van der Waals surface area contributed by atoms with Crippen molar-refractivity contribution in [3.8, 4) is 11.1 Å². The van der Waals surface area contributed by atoms with Crippen LogP contribution in [0.25, 0.3) is 22.2 Å². The van der Waals surface area contributed by atoms with Crippen LogP contribution in [0.4, 0.5) is 5.69 Å². The first-order valence-corrected chi connectivity index (χ1v) is 19.3. The number of benzene rings is 3. The Hall–Kier alpha value is -5.06. The van der Waals surface area contributed by atoms with Crippen LogP contribution >= 0.6 is 0 Å². The fourth-order valence-electron chi connectivity index (χ4n) is 7.62. The van der Waals surface area contributed by atoms with Crippen LogP contribution in [0.5, 0.6) is 0 Å². The van der Waals surface area contributed by atoms with Crippen LogP contribution in [0.15, 0.2) is 79.0 Å². The smallest absolute Gasteiger partial charge is 0.251 e. The summed E-state index contributed by atoms with van der Waals surface area (Å²) >= 11 is 0. The molecule has 2 amide bonds. The highest BCUT2D eigenvalue weighted by atomic mass is 16.5. The van der Waals surface area contributed by atoms with Gasteiger partial charge in [0.15, 0.2) is 5.65 Å². The number of piperidine rings is 1. The average Bonchev–Trinajstić information content (AvgIpc) is 3.63. The number of anilines is 1. The van der Waals surface area contributed by atoms with Crippen molar-refractivity contribution >= 4 is 28.5 Å². The number of pyridine rings is 1. The van der Waals surface area contributed by atoms with E-state index in [4.69, 9.17) is 9.72 Å². The topological polar surface area (TPSA) is 122 Å². The minimum atomic E-state index is -0.252. The molecule has 276 valence electrons. The van der Waals surface area contributed by atoms with E-state index >= 15 is 0 Å². The first kappa shape index (κ1) is 36.3. The molecule has 0 unspecified atom stereocenters. The van der Waals surface area contributed by atoms with Crippen molar-refractivity contribution in [3.05, 3.63) is 113 Å². The highest BCUT2D eigenvalue weighted by molar-refractivity contribution is 6.00. The largest absolute Gasteiger partial charge is 0.381 e. The molecule has 2 saturated heterocycles. The molecule has 5 aromatic rings. The SMILES string of the molecule is CCc1nc2c(cnn2CC)c(NC2CCOCC2)c1CNC(=O)c1cccc(C(=O)NCc2cccc(-c3cccc(CC4CCNCC4)c3)c2)c1. The van der Waals surface area contributed by atoms with E-state index in [0.717, 1.165) is 97.1 Å². The maximum atomic E-state index is 13.6. The van der Waals surface area contributed by atoms with E-state index in [1.54, 1.807) is 24.3 Å². The third kappa shape index (κ3) is 8.77. The second-order valence-electron chi connectivity index (χ2n) is 14.2. The van der Waals surface area contributed by atoms with Crippen LogP contribution in [0.1, 0.15) is 82.6 Å². The Morgan fingerprint density at radius 1 is 0.830 bits per heavy atom. The molecule has 7 rings (SSSR count). The Balaban J connectivity index is 1.01. The molecule has 0 saturated carbocycles. The first-order chi connectivity index (χ1) is 26.0. The molecule has 2 aromatic heterocycles. The van der Waals surface area contributed by atoms with Crippen molar-refractivity contribution in [1.82, 2.24) is 30.7 Å². The zero-order valence-corrected chi connectivity index (χ0v) is 30.9. The van der Waals surface area contributed by atoms with E-state index in [0.29, 0.717) is 30.6 Å². The third-order valence-electron chi connectivity index (χ3n) is 10.6. The molecule has 4 N–H and O–H groups in total. The summed E-state index contributed by atoms with van der Waals surface area (Å²) in [6, 6.07) is 24.3. The second kappa shape index (κ2) is 17.2. The summed E-state index contributed by atoms with van der Waals surface area (Å²) in [6.45, 7) is 9.18. The normalized spacial score (nSPS) is 15.4. The standard InChI is InChI=1S/C43H51N7O3/c1-3-39-37(40(48-36-16-20-53-21-17-36)38-28-47-50(4-2)41(38)49-39)27-46-43(52)35-13-7-12-34(25-35)42(51)45-26-31-9-6-11-33(24-31)32-10-5-8-30(23-32)22-29-14-18-44-19-15-29/h5-13,23-25,28-29,36,44H,3-4,14-22,26-27H2,1-2H3,(H,45,51)(H,46,52)(H,48,49). The van der Waals surface area contributed by atoms with Crippen molar-refractivity contribution in [2.24, 2.45) is 5.92 Å². The maximum Gasteiger partial charge on any atom is 0.251 e. The number of nitrogens with zero attached hydrogens (tertiary/aromatic N) is 3. The van der Waals surface area contributed by atoms with Gasteiger partial charge in [0.1, 0.15) is 0 Å². The number of rotatable bonds is 13. The quantitative estimate of drug-likeness (QED) is 0.108. The van der Waals surface area contributed by atoms with Crippen molar-refractivity contribution in [1.29, 1.82) is 0 Å². The van der Waals surface area contributed by atoms with E-state index in [9.17, 15) is 9.59 Å². The summed E-state index contributed by atoms with van der Waals surface area (Å²) in [7, 11) is 0. The molecule has 0 aliphatic carbocycles. The van der Waals surface area contributed by atoms with Gasteiger partial charge < -0.3 is 26.0 Å². The van der Waals surface area contributed by atoms with Gasteiger partial charge in [-0.15, -0.1) is 0 Å². The summed E-state index contributed by atoms with van der Waals surface area (Å²) in [4.78, 5) is 31.9. The Bertz CT molecular complexity index is 2050. The maximum absolute atomic E-state index is 13.6. The molecule has 0 atom stereocenters. The summed E-state index contributed by atoms with van der Waals surface area (Å²) in [5.74, 6) is 0.249. The zero-order chi connectivity index (χ0) is 36.6. The van der Waals surface area contributed by atoms with E-state index in [-0.39, 0.29) is 17.9 Å². The number of nitrogens with one attached hydrogen (secondary N) is 4. The van der Waals surface area contributed by atoms with E-state index in [1.807, 2.05) is 23.0 Å². The van der Waals surface area contributed by atoms with Crippen molar-refractivity contribution < 1.29 is 14.3 Å². The molecule has 4 heterocycles. The molecule has 10 heteroatoms. The molecule has 3 aromatic carbocycles. The molecule has 10 nitrogen and oxygen atoms in total. The number of ether oxygens (including phenoxy) is 1. The average molecular weight is 714 g/mol. The van der Waals surface area contributed by atoms with Crippen LogP contribution in [0.2, 0.25) is 0 Å². The first-order valence-electron chi connectivity index (χ1n) is 19.3. The van der Waals surface area contributed by atoms with Crippen LogP contribution in [-0.4, -0.2) is 58.9 Å². The number of aryl methyl sites for hydroxylation is 2. The van der Waals surface area contributed by atoms with E-state index in [1.165, 1.54) is 24.0 Å². The fraction of sp³-hybridized carbons (Fsp3) is 0.395. The van der Waals surface area contributed by atoms with Crippen molar-refractivity contribution in [2.45, 2.75) is 78.0 Å². The summed E-state index contributed by atoms with van der Waals surface area (Å²) in [6.07, 6.45) is 7.95. The van der Waals surface area contributed by atoms with E-state index in [2.05, 4.69) is 76.6 Å².